The van der Waals surface area contributed by atoms with E-state index in [-0.39, 0.29) is 29.6 Å². The van der Waals surface area contributed by atoms with E-state index in [0.717, 1.165) is 61.4 Å². The maximum absolute atomic E-state index is 15.1. The van der Waals surface area contributed by atoms with Crippen LogP contribution >= 0.6 is 0 Å². The molecular formula is C30H32F3N3O2. The van der Waals surface area contributed by atoms with E-state index in [2.05, 4.69) is 16.9 Å². The van der Waals surface area contributed by atoms with E-state index in [1.54, 1.807) is 12.4 Å². The third kappa shape index (κ3) is 5.24. The average Bonchev–Trinajstić information content (AvgIpc) is 3.32. The second-order valence-electron chi connectivity index (χ2n) is 11.0. The fraction of sp³-hybridized carbons (Fsp3) is 0.433. The van der Waals surface area contributed by atoms with Crippen molar-refractivity contribution in [2.24, 2.45) is 11.7 Å². The number of rotatable bonds is 6. The summed E-state index contributed by atoms with van der Waals surface area (Å²) in [6, 6.07) is 6.30. The number of pyridine rings is 2. The largest absolute Gasteiger partial charge is 0.385 e. The normalized spacial score (nSPS) is 22.9. The molecule has 3 aromatic rings. The summed E-state index contributed by atoms with van der Waals surface area (Å²) in [5.74, 6) is -2.76. The summed E-state index contributed by atoms with van der Waals surface area (Å²) in [5.41, 5.74) is 5.50. The Labute approximate surface area is 220 Å². The summed E-state index contributed by atoms with van der Waals surface area (Å²) in [6.07, 6.45) is 8.38. The fourth-order valence-corrected chi connectivity index (χ4v) is 6.25. The van der Waals surface area contributed by atoms with Crippen LogP contribution < -0.4 is 5.73 Å². The smallest absolute Gasteiger partial charge is 0.185 e. The van der Waals surface area contributed by atoms with Gasteiger partial charge in [-0.25, -0.2) is 18.2 Å². The Hall–Kier alpha value is -3.10. The summed E-state index contributed by atoms with van der Waals surface area (Å²) in [6.45, 7) is 2.17. The Morgan fingerprint density at radius 3 is 2.45 bits per heavy atom. The molecule has 5 nitrogen and oxygen atoms in total. The van der Waals surface area contributed by atoms with Gasteiger partial charge in [-0.3, -0.25) is 9.78 Å². The Bertz CT molecular complexity index is 1320. The Morgan fingerprint density at radius 2 is 1.76 bits per heavy atom. The highest BCUT2D eigenvalue weighted by atomic mass is 19.1. The molecule has 1 aromatic carbocycles. The summed E-state index contributed by atoms with van der Waals surface area (Å²) in [5, 5.41) is 10.8. The molecule has 2 heterocycles. The Morgan fingerprint density at radius 1 is 1.05 bits per heavy atom. The topological polar surface area (TPSA) is 89.1 Å². The molecule has 0 spiro atoms. The van der Waals surface area contributed by atoms with Crippen molar-refractivity contribution in [3.05, 3.63) is 82.6 Å². The monoisotopic (exact) mass is 523 g/mol. The first kappa shape index (κ1) is 26.5. The van der Waals surface area contributed by atoms with Crippen LogP contribution in [-0.4, -0.2) is 26.9 Å². The van der Waals surface area contributed by atoms with Crippen molar-refractivity contribution in [2.75, 3.05) is 0 Å². The molecule has 5 rings (SSSR count). The van der Waals surface area contributed by atoms with Crippen LogP contribution in [0.1, 0.15) is 85.0 Å². The van der Waals surface area contributed by atoms with Gasteiger partial charge in [0.05, 0.1) is 11.2 Å². The molecule has 2 saturated carbocycles. The lowest BCUT2D eigenvalue weighted by Gasteiger charge is -2.32. The van der Waals surface area contributed by atoms with Gasteiger partial charge in [-0.15, -0.1) is 0 Å². The number of nitrogens with zero attached hydrogens (tertiary/aromatic N) is 2. The van der Waals surface area contributed by atoms with E-state index >= 15 is 8.78 Å². The predicted molar refractivity (Wildman–Crippen MR) is 138 cm³/mol. The first-order chi connectivity index (χ1) is 18.1. The van der Waals surface area contributed by atoms with Crippen LogP contribution in [0.25, 0.3) is 11.3 Å². The van der Waals surface area contributed by atoms with Gasteiger partial charge in [-0.05, 0) is 91.0 Å². The molecule has 0 amide bonds. The van der Waals surface area contributed by atoms with Crippen molar-refractivity contribution in [2.45, 2.75) is 75.9 Å². The maximum atomic E-state index is 15.1. The van der Waals surface area contributed by atoms with Crippen molar-refractivity contribution in [3.63, 3.8) is 0 Å². The fourth-order valence-electron chi connectivity index (χ4n) is 6.25. The minimum absolute atomic E-state index is 0.0295. The molecular weight excluding hydrogens is 491 g/mol. The Kier molecular flexibility index (Phi) is 7.38. The number of hydrogen-bond acceptors (Lipinski definition) is 5. The lowest BCUT2D eigenvalue weighted by atomic mass is 9.75. The summed E-state index contributed by atoms with van der Waals surface area (Å²) in [4.78, 5) is 21.5. The van der Waals surface area contributed by atoms with Crippen LogP contribution in [-0.2, 0) is 12.0 Å². The zero-order valence-electron chi connectivity index (χ0n) is 21.4. The van der Waals surface area contributed by atoms with Crippen LogP contribution in [0.15, 0.2) is 42.7 Å². The maximum Gasteiger partial charge on any atom is 0.185 e. The zero-order valence-corrected chi connectivity index (χ0v) is 21.4. The molecule has 2 aliphatic carbocycles. The predicted octanol–water partition coefficient (Wildman–Crippen LogP) is 5.98. The number of hydrogen-bond donors (Lipinski definition) is 2. The quantitative estimate of drug-likeness (QED) is 0.388. The Balaban J connectivity index is 1.44. The lowest BCUT2D eigenvalue weighted by molar-refractivity contribution is 0.0438. The second-order valence-corrected chi connectivity index (χ2v) is 11.0. The third-order valence-corrected chi connectivity index (χ3v) is 8.09. The molecule has 0 unspecified atom stereocenters. The van der Waals surface area contributed by atoms with Gasteiger partial charge in [-0.2, -0.15) is 0 Å². The highest BCUT2D eigenvalue weighted by molar-refractivity contribution is 5.96. The molecule has 2 aliphatic rings. The van der Waals surface area contributed by atoms with Gasteiger partial charge in [0.25, 0.3) is 0 Å². The van der Waals surface area contributed by atoms with Gasteiger partial charge in [0.15, 0.2) is 5.78 Å². The van der Waals surface area contributed by atoms with Crippen LogP contribution in [0.2, 0.25) is 0 Å². The lowest BCUT2D eigenvalue weighted by Crippen LogP contribution is -2.31. The summed E-state index contributed by atoms with van der Waals surface area (Å²) < 4.78 is 45.1. The third-order valence-electron chi connectivity index (χ3n) is 8.09. The van der Waals surface area contributed by atoms with Crippen LogP contribution in [0, 0.1) is 23.4 Å². The second kappa shape index (κ2) is 10.6. The van der Waals surface area contributed by atoms with E-state index in [0.29, 0.717) is 18.8 Å². The zero-order chi connectivity index (χ0) is 27.0. The number of ketones is 1. The van der Waals surface area contributed by atoms with Crippen molar-refractivity contribution < 1.29 is 23.1 Å². The van der Waals surface area contributed by atoms with Crippen molar-refractivity contribution >= 4 is 5.78 Å². The SMILES string of the molecule is C[C@@H]1C[C@H](N)C[C@H](c2ccncc2CC(=O)c2ccc(F)c(-c3c(F)cc(C4(O)CCCC4)cc3F)n2)C1. The van der Waals surface area contributed by atoms with Gasteiger partial charge in [-0.1, -0.05) is 19.8 Å². The molecule has 0 aliphatic heterocycles. The van der Waals surface area contributed by atoms with Gasteiger partial charge in [0, 0.05) is 24.9 Å². The minimum atomic E-state index is -1.30. The van der Waals surface area contributed by atoms with Crippen LogP contribution in [0.4, 0.5) is 13.2 Å². The summed E-state index contributed by atoms with van der Waals surface area (Å²) >= 11 is 0. The summed E-state index contributed by atoms with van der Waals surface area (Å²) in [7, 11) is 0. The molecule has 2 fully saturated rings. The molecule has 3 atom stereocenters. The van der Waals surface area contributed by atoms with E-state index < -0.39 is 40.1 Å². The molecule has 0 saturated heterocycles. The molecule has 200 valence electrons. The number of benzene rings is 1. The number of nitrogens with two attached hydrogens (primary N) is 1. The van der Waals surface area contributed by atoms with Gasteiger partial charge in [0.1, 0.15) is 28.8 Å². The number of Topliss-reactive ketones (excluding diaryl/α,β-unsaturated/α-hetero) is 1. The van der Waals surface area contributed by atoms with Crippen molar-refractivity contribution in [1.29, 1.82) is 0 Å². The van der Waals surface area contributed by atoms with Crippen molar-refractivity contribution in [1.82, 2.24) is 9.97 Å². The first-order valence-corrected chi connectivity index (χ1v) is 13.2. The average molecular weight is 524 g/mol. The van der Waals surface area contributed by atoms with Crippen LogP contribution in [0.3, 0.4) is 0 Å². The van der Waals surface area contributed by atoms with E-state index in [1.165, 1.54) is 6.07 Å². The highest BCUT2D eigenvalue weighted by Crippen LogP contribution is 2.41. The molecule has 38 heavy (non-hydrogen) atoms. The molecule has 8 heteroatoms. The number of carbonyl (C=O) groups excluding carboxylic acids is 1. The number of aromatic nitrogens is 2. The van der Waals surface area contributed by atoms with Gasteiger partial charge in [0.2, 0.25) is 0 Å². The number of aliphatic hydroxyl groups is 1. The molecule has 3 N–H and O–H groups in total. The molecule has 2 aromatic heterocycles. The van der Waals surface area contributed by atoms with E-state index in [1.807, 2.05) is 6.07 Å². The van der Waals surface area contributed by atoms with Gasteiger partial charge >= 0.3 is 0 Å². The molecule has 0 radical (unpaired) electrons. The number of carbonyl (C=O) groups is 1. The van der Waals surface area contributed by atoms with Crippen molar-refractivity contribution in [3.8, 4) is 11.3 Å². The molecule has 0 bridgehead atoms. The minimum Gasteiger partial charge on any atom is -0.385 e. The van der Waals surface area contributed by atoms with Crippen LogP contribution in [0.5, 0.6) is 0 Å². The van der Waals surface area contributed by atoms with Gasteiger partial charge < -0.3 is 10.8 Å². The van der Waals surface area contributed by atoms with E-state index in [9.17, 15) is 14.3 Å². The standard InChI is InChI=1S/C30H32F3N3O2/c1-17-10-18(12-21(34)11-17)22-6-9-35-16-19(22)13-27(37)26-5-4-23(31)29(36-26)28-24(32)14-20(15-25(28)33)30(38)7-2-3-8-30/h4-6,9,14-18,21,38H,2-3,7-8,10-13,34H2,1H3/t17-,18+,21-/m0/s1. The van der Waals surface area contributed by atoms with E-state index in [4.69, 9.17) is 5.73 Å². The highest BCUT2D eigenvalue weighted by Gasteiger charge is 2.35. The number of halogens is 3. The first-order valence-electron chi connectivity index (χ1n) is 13.2.